The molecule has 5 rings (SSSR count). The van der Waals surface area contributed by atoms with E-state index in [4.69, 9.17) is 4.98 Å². The maximum absolute atomic E-state index is 12.6. The topological polar surface area (TPSA) is 89.2 Å². The first-order valence-corrected chi connectivity index (χ1v) is 13.3. The zero-order chi connectivity index (χ0) is 24.0. The molecule has 0 saturated heterocycles. The van der Waals surface area contributed by atoms with E-state index in [1.165, 1.54) is 35.5 Å². The highest BCUT2D eigenvalue weighted by molar-refractivity contribution is 7.99. The van der Waals surface area contributed by atoms with Gasteiger partial charge in [-0.15, -0.1) is 21.5 Å². The van der Waals surface area contributed by atoms with Crippen LogP contribution < -0.4 is 5.32 Å². The number of hydrogen-bond acceptors (Lipinski definition) is 7. The third-order valence-corrected chi connectivity index (χ3v) is 8.27. The lowest BCUT2D eigenvalue weighted by atomic mass is 9.89. The largest absolute Gasteiger partial charge is 0.325 e. The summed E-state index contributed by atoms with van der Waals surface area (Å²) in [6.45, 7) is 8.05. The molecule has 0 aliphatic heterocycles. The van der Waals surface area contributed by atoms with Gasteiger partial charge < -0.3 is 5.32 Å². The van der Waals surface area contributed by atoms with E-state index in [-0.39, 0.29) is 23.4 Å². The van der Waals surface area contributed by atoms with Crippen molar-refractivity contribution in [3.8, 4) is 0 Å². The summed E-state index contributed by atoms with van der Waals surface area (Å²) >= 11 is 3.14. The molecule has 1 amide bonds. The third-order valence-electron chi connectivity index (χ3n) is 6.20. The molecule has 1 N–H and O–H groups in total. The number of nitrogens with one attached hydrogen (secondary N) is 1. The normalized spacial score (nSPS) is 15.7. The van der Waals surface area contributed by atoms with Crippen molar-refractivity contribution >= 4 is 56.3 Å². The molecule has 34 heavy (non-hydrogen) atoms. The van der Waals surface area contributed by atoms with E-state index in [9.17, 15) is 9.59 Å². The van der Waals surface area contributed by atoms with E-state index in [1.807, 2.05) is 4.40 Å². The number of Topliss-reactive ketones (excluding diaryl/α,β-unsaturated/α-hetero) is 1. The predicted octanol–water partition coefficient (Wildman–Crippen LogP) is 5.52. The van der Waals surface area contributed by atoms with Gasteiger partial charge in [0, 0.05) is 22.0 Å². The van der Waals surface area contributed by atoms with Gasteiger partial charge in [-0.1, -0.05) is 44.7 Å². The molecule has 1 unspecified atom stereocenters. The third kappa shape index (κ3) is 4.22. The van der Waals surface area contributed by atoms with Gasteiger partial charge in [-0.05, 0) is 49.8 Å². The van der Waals surface area contributed by atoms with Gasteiger partial charge in [-0.25, -0.2) is 4.98 Å². The molecule has 0 saturated carbocycles. The summed E-state index contributed by atoms with van der Waals surface area (Å²) in [6, 6.07) is 6.97. The van der Waals surface area contributed by atoms with Crippen LogP contribution in [0.5, 0.6) is 0 Å². The maximum atomic E-state index is 12.6. The number of nitrogens with zero attached hydrogens (tertiary/aromatic N) is 4. The van der Waals surface area contributed by atoms with E-state index < -0.39 is 0 Å². The van der Waals surface area contributed by atoms with Crippen LogP contribution in [-0.2, 0) is 17.6 Å². The van der Waals surface area contributed by atoms with Crippen LogP contribution in [-0.4, -0.2) is 37.0 Å². The number of aryl methyl sites for hydroxylation is 1. The minimum absolute atomic E-state index is 0.0366. The lowest BCUT2D eigenvalue weighted by Crippen LogP contribution is -2.15. The lowest BCUT2D eigenvalue weighted by Gasteiger charge is -2.17. The molecule has 1 aromatic carbocycles. The van der Waals surface area contributed by atoms with Gasteiger partial charge in [-0.3, -0.25) is 14.0 Å². The first-order valence-electron chi connectivity index (χ1n) is 11.5. The molecule has 0 spiro atoms. The Kier molecular flexibility index (Phi) is 6.16. The summed E-state index contributed by atoms with van der Waals surface area (Å²) in [5.74, 6) is 1.77. The first-order chi connectivity index (χ1) is 16.3. The molecule has 0 fully saturated rings. The molecular formula is C25H27N5O2S2. The smallest absolute Gasteiger partial charge is 0.234 e. The van der Waals surface area contributed by atoms with Crippen molar-refractivity contribution < 1.29 is 9.59 Å². The Labute approximate surface area is 206 Å². The number of carbonyl (C=O) groups is 2. The average Bonchev–Trinajstić information content (AvgIpc) is 3.37. The zero-order valence-electron chi connectivity index (χ0n) is 19.7. The van der Waals surface area contributed by atoms with Gasteiger partial charge in [0.1, 0.15) is 10.7 Å². The van der Waals surface area contributed by atoms with Crippen LogP contribution >= 0.6 is 23.1 Å². The van der Waals surface area contributed by atoms with Gasteiger partial charge >= 0.3 is 0 Å². The molecule has 7 nitrogen and oxygen atoms in total. The molecular weight excluding hydrogens is 466 g/mol. The van der Waals surface area contributed by atoms with Crippen LogP contribution in [0, 0.1) is 5.92 Å². The van der Waals surface area contributed by atoms with Crippen LogP contribution in [0.2, 0.25) is 0 Å². The summed E-state index contributed by atoms with van der Waals surface area (Å²) in [5.41, 5.74) is 3.39. The summed E-state index contributed by atoms with van der Waals surface area (Å²) < 4.78 is 2.03. The van der Waals surface area contributed by atoms with Crippen LogP contribution in [0.15, 0.2) is 29.4 Å². The number of ketones is 1. The Morgan fingerprint density at radius 1 is 1.29 bits per heavy atom. The Morgan fingerprint density at radius 2 is 2.12 bits per heavy atom. The molecule has 3 heterocycles. The summed E-state index contributed by atoms with van der Waals surface area (Å²) in [4.78, 5) is 31.8. The van der Waals surface area contributed by atoms with Gasteiger partial charge in [-0.2, -0.15) is 0 Å². The number of aromatic nitrogens is 4. The highest BCUT2D eigenvalue weighted by Gasteiger charge is 2.26. The van der Waals surface area contributed by atoms with E-state index in [1.54, 1.807) is 35.6 Å². The van der Waals surface area contributed by atoms with Crippen molar-refractivity contribution in [2.75, 3.05) is 11.1 Å². The fourth-order valence-corrected chi connectivity index (χ4v) is 6.59. The fourth-order valence-electron chi connectivity index (χ4n) is 4.46. The molecule has 3 aromatic heterocycles. The van der Waals surface area contributed by atoms with Crippen molar-refractivity contribution in [3.63, 3.8) is 0 Å². The second kappa shape index (κ2) is 9.11. The SMILES string of the molecule is CC(=O)c1cccc(NC(=O)CSc2nnc3c4c5c(sc4nc(C(C)C)n23)CC(C)CC5)c1. The Hall–Kier alpha value is -2.78. The number of hydrogen-bond donors (Lipinski definition) is 1. The standard InChI is InChI=1S/C25H27N5O2S2/c1-13(2)22-27-24-21(18-9-8-14(3)10-19(18)34-24)23-28-29-25(30(22)23)33-12-20(32)26-17-7-5-6-16(11-17)15(4)31/h5-7,11,13-14H,8-10,12H2,1-4H3,(H,26,32). The van der Waals surface area contributed by atoms with Crippen molar-refractivity contribution in [1.82, 2.24) is 19.6 Å². The molecule has 1 aliphatic rings. The van der Waals surface area contributed by atoms with E-state index in [0.29, 0.717) is 22.3 Å². The number of amides is 1. The van der Waals surface area contributed by atoms with Crippen LogP contribution in [0.4, 0.5) is 5.69 Å². The van der Waals surface area contributed by atoms with Crippen LogP contribution in [0.3, 0.4) is 0 Å². The lowest BCUT2D eigenvalue weighted by molar-refractivity contribution is -0.113. The van der Waals surface area contributed by atoms with Crippen molar-refractivity contribution in [3.05, 3.63) is 46.1 Å². The number of carbonyl (C=O) groups excluding carboxylic acids is 2. The molecule has 4 aromatic rings. The number of anilines is 1. The highest BCUT2D eigenvalue weighted by atomic mass is 32.2. The van der Waals surface area contributed by atoms with Gasteiger partial charge in [0.25, 0.3) is 0 Å². The van der Waals surface area contributed by atoms with E-state index in [0.717, 1.165) is 34.5 Å². The molecule has 9 heteroatoms. The minimum Gasteiger partial charge on any atom is -0.325 e. The van der Waals surface area contributed by atoms with Crippen LogP contribution in [0.25, 0.3) is 15.9 Å². The highest BCUT2D eigenvalue weighted by Crippen LogP contribution is 2.40. The molecule has 176 valence electrons. The minimum atomic E-state index is -0.163. The van der Waals surface area contributed by atoms with Crippen molar-refractivity contribution in [2.45, 2.75) is 58.0 Å². The van der Waals surface area contributed by atoms with Gasteiger partial charge in [0.15, 0.2) is 16.6 Å². The van der Waals surface area contributed by atoms with Crippen molar-refractivity contribution in [1.29, 1.82) is 0 Å². The monoisotopic (exact) mass is 493 g/mol. The van der Waals surface area contributed by atoms with Crippen molar-refractivity contribution in [2.24, 2.45) is 5.92 Å². The summed E-state index contributed by atoms with van der Waals surface area (Å²) in [7, 11) is 0. The number of benzene rings is 1. The number of thiophene rings is 1. The second-order valence-corrected chi connectivity index (χ2v) is 11.3. The maximum Gasteiger partial charge on any atom is 0.234 e. The number of fused-ring (bicyclic) bond motifs is 5. The zero-order valence-corrected chi connectivity index (χ0v) is 21.3. The predicted molar refractivity (Wildman–Crippen MR) is 137 cm³/mol. The Bertz CT molecular complexity index is 1420. The second-order valence-electron chi connectivity index (χ2n) is 9.27. The quantitative estimate of drug-likeness (QED) is 0.281. The number of thioether (sulfide) groups is 1. The average molecular weight is 494 g/mol. The van der Waals surface area contributed by atoms with E-state index >= 15 is 0 Å². The molecule has 1 aliphatic carbocycles. The van der Waals surface area contributed by atoms with Gasteiger partial charge in [0.05, 0.1) is 11.1 Å². The van der Waals surface area contributed by atoms with E-state index in [2.05, 4.69) is 36.3 Å². The number of rotatable bonds is 6. The fraction of sp³-hybridized carbons (Fsp3) is 0.400. The van der Waals surface area contributed by atoms with Crippen LogP contribution in [0.1, 0.15) is 66.7 Å². The first kappa shape index (κ1) is 23.0. The Balaban J connectivity index is 1.45. The summed E-state index contributed by atoms with van der Waals surface area (Å²) in [6.07, 6.45) is 3.32. The summed E-state index contributed by atoms with van der Waals surface area (Å²) in [5, 5.41) is 13.7. The Morgan fingerprint density at radius 3 is 2.88 bits per heavy atom. The molecule has 0 radical (unpaired) electrons. The molecule has 0 bridgehead atoms. The van der Waals surface area contributed by atoms with Gasteiger partial charge in [0.2, 0.25) is 5.91 Å². The molecule has 1 atom stereocenters.